The Balaban J connectivity index is 1.71. The summed E-state index contributed by atoms with van der Waals surface area (Å²) in [6.45, 7) is 0.717. The van der Waals surface area contributed by atoms with Gasteiger partial charge in [0.05, 0.1) is 29.8 Å². The van der Waals surface area contributed by atoms with E-state index in [1.54, 1.807) is 28.9 Å². The summed E-state index contributed by atoms with van der Waals surface area (Å²) in [6.07, 6.45) is 5.77. The number of thioether (sulfide) groups is 1. The Morgan fingerprint density at radius 2 is 1.93 bits per heavy atom. The number of pyridine rings is 1. The van der Waals surface area contributed by atoms with Crippen molar-refractivity contribution in [3.8, 4) is 0 Å². The van der Waals surface area contributed by atoms with E-state index in [1.807, 2.05) is 11.0 Å². The van der Waals surface area contributed by atoms with Crippen LogP contribution in [0.15, 0.2) is 48.3 Å². The normalized spacial score (nSPS) is 24.8. The molecule has 1 aromatic heterocycles. The summed E-state index contributed by atoms with van der Waals surface area (Å²) in [6, 6.07) is 5.59. The molecule has 3 heterocycles. The van der Waals surface area contributed by atoms with E-state index in [1.165, 1.54) is 30.0 Å². The Bertz CT molecular complexity index is 858. The molecule has 3 atom stereocenters. The number of hydrogen-bond acceptors (Lipinski definition) is 5. The molecule has 2 aliphatic heterocycles. The molecule has 1 aromatic carbocycles. The molecule has 28 heavy (non-hydrogen) atoms. The fourth-order valence-electron chi connectivity index (χ4n) is 3.88. The number of aromatic nitrogens is 1. The highest BCUT2D eigenvalue weighted by atomic mass is 32.2. The van der Waals surface area contributed by atoms with Crippen LogP contribution in [0.4, 0.5) is 24.5 Å². The number of rotatable bonds is 4. The van der Waals surface area contributed by atoms with Gasteiger partial charge >= 0.3 is 0 Å². The molecule has 2 N–H and O–H groups in total. The first kappa shape index (κ1) is 19.1. The first-order valence-corrected chi connectivity index (χ1v) is 10.1. The number of halogens is 3. The number of nitrogens with zero attached hydrogens (tertiary/aromatic N) is 3. The highest BCUT2D eigenvalue weighted by molar-refractivity contribution is 8.02. The molecule has 0 bridgehead atoms. The molecular weight excluding hydrogens is 385 g/mol. The Labute approximate surface area is 166 Å². The third-order valence-corrected chi connectivity index (χ3v) is 6.11. The van der Waals surface area contributed by atoms with Crippen molar-refractivity contribution >= 4 is 23.1 Å². The molecule has 1 fully saturated rings. The Hall–Kier alpha value is -2.19. The van der Waals surface area contributed by atoms with Gasteiger partial charge in [0.1, 0.15) is 17.0 Å². The topological polar surface area (TPSA) is 45.4 Å². The quantitative estimate of drug-likeness (QED) is 0.824. The number of alkyl halides is 1. The molecule has 0 spiro atoms. The third kappa shape index (κ3) is 3.58. The van der Waals surface area contributed by atoms with Gasteiger partial charge in [-0.2, -0.15) is 0 Å². The van der Waals surface area contributed by atoms with Gasteiger partial charge in [0.25, 0.3) is 0 Å². The summed E-state index contributed by atoms with van der Waals surface area (Å²) in [5.74, 6) is -1.31. The predicted octanol–water partition coefficient (Wildman–Crippen LogP) is 4.21. The molecule has 8 heteroatoms. The summed E-state index contributed by atoms with van der Waals surface area (Å²) < 4.78 is 42.1. The molecule has 0 radical (unpaired) electrons. The molecule has 4 nitrogen and oxygen atoms in total. The van der Waals surface area contributed by atoms with Gasteiger partial charge in [-0.05, 0) is 30.0 Å². The van der Waals surface area contributed by atoms with Gasteiger partial charge in [0.15, 0.2) is 0 Å². The van der Waals surface area contributed by atoms with Crippen LogP contribution in [-0.4, -0.2) is 30.8 Å². The van der Waals surface area contributed by atoms with Crippen LogP contribution in [0.2, 0.25) is 0 Å². The maximum atomic E-state index is 14.4. The largest absolute Gasteiger partial charge is 0.368 e. The van der Waals surface area contributed by atoms with Gasteiger partial charge in [-0.1, -0.05) is 6.07 Å². The number of hydrogen-bond donors (Lipinski definition) is 1. The molecule has 3 unspecified atom stereocenters. The zero-order valence-corrected chi connectivity index (χ0v) is 16.0. The van der Waals surface area contributed by atoms with Crippen LogP contribution in [0.5, 0.6) is 0 Å². The first-order chi connectivity index (χ1) is 13.6. The first-order valence-electron chi connectivity index (χ1n) is 9.13. The number of nitrogens with two attached hydrogens (primary N) is 1. The van der Waals surface area contributed by atoms with E-state index in [-0.39, 0.29) is 17.5 Å². The van der Waals surface area contributed by atoms with Crippen LogP contribution < -0.4 is 15.5 Å². The van der Waals surface area contributed by atoms with Gasteiger partial charge < -0.3 is 15.5 Å². The lowest BCUT2D eigenvalue weighted by Crippen LogP contribution is -2.48. The van der Waals surface area contributed by atoms with Crippen LogP contribution in [0.1, 0.15) is 17.4 Å². The van der Waals surface area contributed by atoms with Gasteiger partial charge in [-0.25, -0.2) is 8.78 Å². The summed E-state index contributed by atoms with van der Waals surface area (Å²) in [4.78, 5) is 8.06. The number of piperidine rings is 1. The third-order valence-electron chi connectivity index (χ3n) is 5.11. The second kappa shape index (κ2) is 8.05. The molecule has 148 valence electrons. The van der Waals surface area contributed by atoms with Gasteiger partial charge in [-0.15, -0.1) is 11.8 Å². The van der Waals surface area contributed by atoms with Crippen molar-refractivity contribution in [2.24, 2.45) is 11.7 Å². The number of benzene rings is 1. The molecule has 1 saturated heterocycles. The monoisotopic (exact) mass is 406 g/mol. The van der Waals surface area contributed by atoms with Crippen molar-refractivity contribution in [2.45, 2.75) is 17.8 Å². The zero-order chi connectivity index (χ0) is 19.7. The highest BCUT2D eigenvalue weighted by Gasteiger charge is 2.32. The maximum absolute atomic E-state index is 14.4. The van der Waals surface area contributed by atoms with Crippen molar-refractivity contribution in [3.05, 3.63) is 65.5 Å². The summed E-state index contributed by atoms with van der Waals surface area (Å²) in [5.41, 5.74) is 7.68. The molecular formula is C20H21F3N4S. The van der Waals surface area contributed by atoms with Crippen molar-refractivity contribution < 1.29 is 13.2 Å². The number of anilines is 2. The van der Waals surface area contributed by atoms with E-state index in [0.29, 0.717) is 25.2 Å². The molecule has 0 saturated carbocycles. The van der Waals surface area contributed by atoms with Crippen molar-refractivity contribution in [2.75, 3.05) is 29.6 Å². The average Bonchev–Trinajstić information content (AvgIpc) is 3.16. The van der Waals surface area contributed by atoms with E-state index in [4.69, 9.17) is 5.73 Å². The minimum absolute atomic E-state index is 0.00397. The SMILES string of the molecule is NC1CC(CF)CN(c2ccncc2N2C=CSC2c2c(F)cccc2F)C1. The van der Waals surface area contributed by atoms with E-state index in [2.05, 4.69) is 4.98 Å². The lowest BCUT2D eigenvalue weighted by molar-refractivity contribution is 0.297. The molecule has 0 aliphatic carbocycles. The molecule has 2 aliphatic rings. The smallest absolute Gasteiger partial charge is 0.132 e. The average molecular weight is 406 g/mol. The second-order valence-corrected chi connectivity index (χ2v) is 8.09. The van der Waals surface area contributed by atoms with Crippen LogP contribution >= 0.6 is 11.8 Å². The van der Waals surface area contributed by atoms with E-state index in [9.17, 15) is 13.2 Å². The van der Waals surface area contributed by atoms with Crippen molar-refractivity contribution in [1.82, 2.24) is 4.98 Å². The van der Waals surface area contributed by atoms with Gasteiger partial charge in [-0.3, -0.25) is 9.37 Å². The van der Waals surface area contributed by atoms with Gasteiger partial charge in [0.2, 0.25) is 0 Å². The minimum atomic E-state index is -0.589. The lowest BCUT2D eigenvalue weighted by Gasteiger charge is -2.39. The lowest BCUT2D eigenvalue weighted by atomic mass is 9.95. The van der Waals surface area contributed by atoms with Crippen LogP contribution in [-0.2, 0) is 0 Å². The summed E-state index contributed by atoms with van der Waals surface area (Å²) in [7, 11) is 0. The zero-order valence-electron chi connectivity index (χ0n) is 15.1. The van der Waals surface area contributed by atoms with Crippen LogP contribution in [0.3, 0.4) is 0 Å². The molecule has 4 rings (SSSR count). The van der Waals surface area contributed by atoms with E-state index < -0.39 is 23.7 Å². The van der Waals surface area contributed by atoms with Crippen LogP contribution in [0, 0.1) is 17.6 Å². The minimum Gasteiger partial charge on any atom is -0.368 e. The van der Waals surface area contributed by atoms with E-state index in [0.717, 1.165) is 5.69 Å². The highest BCUT2D eigenvalue weighted by Crippen LogP contribution is 2.46. The fourth-order valence-corrected chi connectivity index (χ4v) is 4.91. The fraction of sp³-hybridized carbons (Fsp3) is 0.350. The maximum Gasteiger partial charge on any atom is 0.132 e. The molecule has 0 amide bonds. The Morgan fingerprint density at radius 1 is 1.14 bits per heavy atom. The summed E-state index contributed by atoms with van der Waals surface area (Å²) in [5, 5.41) is 1.22. The van der Waals surface area contributed by atoms with Crippen LogP contribution in [0.25, 0.3) is 0 Å². The standard InChI is InChI=1S/C20H21F3N4S/c21-9-13-8-14(24)12-26(11-13)17-4-5-25-10-18(17)27-6-7-28-20(27)19-15(22)2-1-3-16(19)23/h1-7,10,13-14,20H,8-9,11-12,24H2. The van der Waals surface area contributed by atoms with Crippen molar-refractivity contribution in [3.63, 3.8) is 0 Å². The Kier molecular flexibility index (Phi) is 5.50. The van der Waals surface area contributed by atoms with Gasteiger partial charge in [0, 0.05) is 37.4 Å². The summed E-state index contributed by atoms with van der Waals surface area (Å²) >= 11 is 1.32. The van der Waals surface area contributed by atoms with E-state index >= 15 is 0 Å². The predicted molar refractivity (Wildman–Crippen MR) is 107 cm³/mol. The second-order valence-electron chi connectivity index (χ2n) is 7.10. The molecule has 2 aromatic rings. The Morgan fingerprint density at radius 3 is 2.68 bits per heavy atom. The van der Waals surface area contributed by atoms with Crippen molar-refractivity contribution in [1.29, 1.82) is 0 Å².